The average Bonchev–Trinajstić information content (AvgIpc) is 3.27. The third kappa shape index (κ3) is 5.15. The average molecular weight is 437 g/mol. The van der Waals surface area contributed by atoms with E-state index < -0.39 is 36.6 Å². The molecule has 2 aromatic rings. The van der Waals surface area contributed by atoms with E-state index >= 15 is 0 Å². The second-order valence-electron chi connectivity index (χ2n) is 8.10. The van der Waals surface area contributed by atoms with Gasteiger partial charge in [-0.1, -0.05) is 39.0 Å². The van der Waals surface area contributed by atoms with E-state index in [9.17, 15) is 20.1 Å². The first-order valence-electron chi connectivity index (χ1n) is 10.8. The first kappa shape index (κ1) is 23.4. The number of carbonyl (C=O) groups is 1. The summed E-state index contributed by atoms with van der Waals surface area (Å²) in [5, 5.41) is 37.2. The fraction of sp³-hybridized carbons (Fsp3) is 0.667. The summed E-state index contributed by atoms with van der Waals surface area (Å²) < 4.78 is 12.4. The van der Waals surface area contributed by atoms with Gasteiger partial charge in [0.25, 0.3) is 0 Å². The van der Waals surface area contributed by atoms with E-state index in [2.05, 4.69) is 22.3 Å². The van der Waals surface area contributed by atoms with Crippen molar-refractivity contribution in [3.05, 3.63) is 24.2 Å². The predicted molar refractivity (Wildman–Crippen MR) is 113 cm³/mol. The minimum atomic E-state index is -1.63. The standard InChI is InChI=1S/C21H32N4O6/c1-3-4-5-6-7-8-11-30-20(28)24-19-15-10-9-14(25(15)23-13-22-19)18-21(2,29)17(27)16(12-26)31-18/h9-10,13,16-18,26-27,29H,3-8,11-12H2,1-2H3,(H,22,23,24,28)/t16-,17-,18+,21-/m1/s1. The first-order valence-corrected chi connectivity index (χ1v) is 10.8. The van der Waals surface area contributed by atoms with Gasteiger partial charge in [0.2, 0.25) is 0 Å². The third-order valence-corrected chi connectivity index (χ3v) is 5.67. The van der Waals surface area contributed by atoms with Gasteiger partial charge in [-0.05, 0) is 25.5 Å². The van der Waals surface area contributed by atoms with Crippen molar-refractivity contribution >= 4 is 17.4 Å². The summed E-state index contributed by atoms with van der Waals surface area (Å²) in [7, 11) is 0. The van der Waals surface area contributed by atoms with Crippen LogP contribution in [0.3, 0.4) is 0 Å². The Morgan fingerprint density at radius 3 is 2.74 bits per heavy atom. The van der Waals surface area contributed by atoms with E-state index in [1.54, 1.807) is 12.1 Å². The Balaban J connectivity index is 1.64. The van der Waals surface area contributed by atoms with Crippen LogP contribution >= 0.6 is 0 Å². The molecule has 4 atom stereocenters. The number of nitrogens with zero attached hydrogens (tertiary/aromatic N) is 3. The Labute approximate surface area is 181 Å². The van der Waals surface area contributed by atoms with Gasteiger partial charge in [0.1, 0.15) is 35.8 Å². The van der Waals surface area contributed by atoms with Crippen molar-refractivity contribution in [3.8, 4) is 0 Å². The maximum Gasteiger partial charge on any atom is 0.412 e. The molecule has 0 aliphatic carbocycles. The molecule has 0 aromatic carbocycles. The molecule has 3 heterocycles. The van der Waals surface area contributed by atoms with Crippen LogP contribution < -0.4 is 5.32 Å². The number of fused-ring (bicyclic) bond motifs is 1. The van der Waals surface area contributed by atoms with Crippen LogP contribution in [0.2, 0.25) is 0 Å². The molecule has 2 aromatic heterocycles. The molecule has 31 heavy (non-hydrogen) atoms. The molecule has 0 spiro atoms. The molecule has 1 aliphatic rings. The van der Waals surface area contributed by atoms with Crippen LogP contribution in [0.5, 0.6) is 0 Å². The number of aromatic nitrogens is 3. The van der Waals surface area contributed by atoms with Crippen molar-refractivity contribution in [1.29, 1.82) is 0 Å². The molecule has 172 valence electrons. The van der Waals surface area contributed by atoms with Crippen LogP contribution in [0.25, 0.3) is 5.52 Å². The molecule has 10 heteroatoms. The Morgan fingerprint density at radius 2 is 2.03 bits per heavy atom. The molecule has 1 aliphatic heterocycles. The number of unbranched alkanes of at least 4 members (excludes halogenated alkanes) is 5. The second-order valence-corrected chi connectivity index (χ2v) is 8.10. The Kier molecular flexibility index (Phi) is 7.82. The van der Waals surface area contributed by atoms with Crippen LogP contribution in [0.4, 0.5) is 10.6 Å². The highest BCUT2D eigenvalue weighted by Gasteiger charge is 2.53. The van der Waals surface area contributed by atoms with Crippen molar-refractivity contribution in [1.82, 2.24) is 14.6 Å². The highest BCUT2D eigenvalue weighted by atomic mass is 16.6. The fourth-order valence-electron chi connectivity index (χ4n) is 3.86. The molecule has 1 saturated heterocycles. The zero-order valence-electron chi connectivity index (χ0n) is 18.0. The maximum atomic E-state index is 12.2. The number of hydrogen-bond donors (Lipinski definition) is 4. The smallest absolute Gasteiger partial charge is 0.412 e. The summed E-state index contributed by atoms with van der Waals surface area (Å²) >= 11 is 0. The third-order valence-electron chi connectivity index (χ3n) is 5.67. The number of anilines is 1. The molecule has 4 N–H and O–H groups in total. The summed E-state index contributed by atoms with van der Waals surface area (Å²) in [4.78, 5) is 16.3. The second kappa shape index (κ2) is 10.4. The number of ether oxygens (including phenoxy) is 2. The molecule has 0 radical (unpaired) electrons. The lowest BCUT2D eigenvalue weighted by molar-refractivity contribution is -0.0664. The monoisotopic (exact) mass is 436 g/mol. The highest BCUT2D eigenvalue weighted by molar-refractivity contribution is 5.88. The lowest BCUT2D eigenvalue weighted by Gasteiger charge is -2.26. The number of aliphatic hydroxyl groups is 3. The first-order chi connectivity index (χ1) is 14.9. The predicted octanol–water partition coefficient (Wildman–Crippen LogP) is 2.18. The molecule has 0 unspecified atom stereocenters. The van der Waals surface area contributed by atoms with E-state index in [0.29, 0.717) is 17.8 Å². The molecule has 1 fully saturated rings. The van der Waals surface area contributed by atoms with Gasteiger partial charge in [-0.3, -0.25) is 5.32 Å². The topological polar surface area (TPSA) is 138 Å². The molecule has 1 amide bonds. The van der Waals surface area contributed by atoms with Gasteiger partial charge in [-0.25, -0.2) is 14.3 Å². The summed E-state index contributed by atoms with van der Waals surface area (Å²) in [6, 6.07) is 3.35. The van der Waals surface area contributed by atoms with Gasteiger partial charge < -0.3 is 24.8 Å². The summed E-state index contributed by atoms with van der Waals surface area (Å²) in [6.45, 7) is 3.52. The summed E-state index contributed by atoms with van der Waals surface area (Å²) in [6.07, 6.45) is 4.16. The van der Waals surface area contributed by atoms with E-state index in [1.807, 2.05) is 0 Å². The van der Waals surface area contributed by atoms with Crippen molar-refractivity contribution in [2.24, 2.45) is 0 Å². The molecule has 10 nitrogen and oxygen atoms in total. The Hall–Kier alpha value is -2.27. The van der Waals surface area contributed by atoms with Crippen molar-refractivity contribution < 1.29 is 29.6 Å². The Bertz CT molecular complexity index is 871. The van der Waals surface area contributed by atoms with Crippen molar-refractivity contribution in [2.45, 2.75) is 76.3 Å². The van der Waals surface area contributed by atoms with Crippen LogP contribution in [-0.2, 0) is 9.47 Å². The maximum absolute atomic E-state index is 12.2. The lowest BCUT2D eigenvalue weighted by atomic mass is 9.91. The largest absolute Gasteiger partial charge is 0.449 e. The van der Waals surface area contributed by atoms with E-state index in [1.165, 1.54) is 37.0 Å². The van der Waals surface area contributed by atoms with Gasteiger partial charge in [0, 0.05) is 0 Å². The number of hydrogen-bond acceptors (Lipinski definition) is 8. The van der Waals surface area contributed by atoms with Gasteiger partial charge in [0.05, 0.1) is 18.9 Å². The van der Waals surface area contributed by atoms with Crippen LogP contribution in [0.1, 0.15) is 64.2 Å². The van der Waals surface area contributed by atoms with Crippen LogP contribution in [0, 0.1) is 0 Å². The van der Waals surface area contributed by atoms with Crippen LogP contribution in [0.15, 0.2) is 18.5 Å². The van der Waals surface area contributed by atoms with E-state index in [-0.39, 0.29) is 5.82 Å². The minimum Gasteiger partial charge on any atom is -0.449 e. The quantitative estimate of drug-likeness (QED) is 0.416. The van der Waals surface area contributed by atoms with Gasteiger partial charge in [0.15, 0.2) is 5.82 Å². The normalized spacial score (nSPS) is 25.8. The minimum absolute atomic E-state index is 0.256. The van der Waals surface area contributed by atoms with Gasteiger partial charge >= 0.3 is 6.09 Å². The van der Waals surface area contributed by atoms with Gasteiger partial charge in [-0.15, -0.1) is 0 Å². The van der Waals surface area contributed by atoms with Gasteiger partial charge in [-0.2, -0.15) is 5.10 Å². The Morgan fingerprint density at radius 1 is 1.29 bits per heavy atom. The number of aliphatic hydroxyl groups excluding tert-OH is 2. The number of rotatable bonds is 10. The molecule has 3 rings (SSSR count). The zero-order chi connectivity index (χ0) is 22.4. The highest BCUT2D eigenvalue weighted by Crippen LogP contribution is 2.42. The molecule has 0 bridgehead atoms. The molecular weight excluding hydrogens is 404 g/mol. The lowest BCUT2D eigenvalue weighted by Crippen LogP contribution is -2.43. The SMILES string of the molecule is CCCCCCCCOC(=O)Nc1ncnn2c([C@@H]3O[C@H](CO)[C@@H](O)[C@@]3(C)O)ccc12. The number of nitrogens with one attached hydrogen (secondary N) is 1. The zero-order valence-corrected chi connectivity index (χ0v) is 18.0. The fourth-order valence-corrected chi connectivity index (χ4v) is 3.86. The number of amides is 1. The number of carbonyl (C=O) groups excluding carboxylic acids is 1. The molecule has 0 saturated carbocycles. The molecular formula is C21H32N4O6. The van der Waals surface area contributed by atoms with Crippen molar-refractivity contribution in [3.63, 3.8) is 0 Å². The van der Waals surface area contributed by atoms with E-state index in [0.717, 1.165) is 19.3 Å². The van der Waals surface area contributed by atoms with Crippen LogP contribution in [-0.4, -0.2) is 67.0 Å². The van der Waals surface area contributed by atoms with Crippen molar-refractivity contribution in [2.75, 3.05) is 18.5 Å². The summed E-state index contributed by atoms with van der Waals surface area (Å²) in [5.41, 5.74) is -0.688. The van der Waals surface area contributed by atoms with E-state index in [4.69, 9.17) is 9.47 Å². The summed E-state index contributed by atoms with van der Waals surface area (Å²) in [5.74, 6) is 0.256.